The van der Waals surface area contributed by atoms with Crippen molar-refractivity contribution in [1.29, 1.82) is 0 Å². The van der Waals surface area contributed by atoms with Crippen LogP contribution in [0.4, 0.5) is 0 Å². The molecule has 5 aromatic rings. The average molecular weight is 916 g/mol. The smallest absolute Gasteiger partial charge is 0.326 e. The van der Waals surface area contributed by atoms with Gasteiger partial charge in [0.25, 0.3) is 0 Å². The fourth-order valence-electron chi connectivity index (χ4n) is 7.78. The van der Waals surface area contributed by atoms with Crippen LogP contribution in [-0.4, -0.2) is 85.2 Å². The third-order valence-electron chi connectivity index (χ3n) is 11.6. The first kappa shape index (κ1) is 51.0. The number of nitrogens with zero attached hydrogens (tertiary/aromatic N) is 2. The number of unbranched alkanes of at least 4 members (excludes halogenated alkanes) is 5. The van der Waals surface area contributed by atoms with Crippen molar-refractivity contribution in [2.24, 2.45) is 5.73 Å². The van der Waals surface area contributed by atoms with Gasteiger partial charge < -0.3 is 46.9 Å². The lowest BCUT2D eigenvalue weighted by Crippen LogP contribution is -2.58. The molecule has 1 aromatic heterocycles. The van der Waals surface area contributed by atoms with Gasteiger partial charge in [0.05, 0.1) is 24.1 Å². The SMILES string of the molecule is CCCCCCCC(=O)NCCCCC(NC(=O)C(N)Cc1cn(C(c2ccccc2)c2ccc(O)cc2)cn1)C(=O)NC(Cc1ccc(C)cc1)C(=O)NC(Cc1ccc(O)cc1)C(=O)O. The summed E-state index contributed by atoms with van der Waals surface area (Å²) in [7, 11) is 0. The molecule has 0 radical (unpaired) electrons. The molecule has 5 atom stereocenters. The average Bonchev–Trinajstić information content (AvgIpc) is 3.77. The van der Waals surface area contributed by atoms with Crippen molar-refractivity contribution in [2.45, 2.75) is 121 Å². The molecule has 0 saturated heterocycles. The van der Waals surface area contributed by atoms with E-state index in [0.29, 0.717) is 42.6 Å². The fourth-order valence-corrected chi connectivity index (χ4v) is 7.78. The molecule has 5 rings (SSSR count). The number of aliphatic carboxylic acids is 1. The molecule has 15 nitrogen and oxygen atoms in total. The molecule has 0 aliphatic heterocycles. The first-order valence-electron chi connectivity index (χ1n) is 23.2. The second kappa shape index (κ2) is 26.2. The number of carboxylic acids is 1. The minimum absolute atomic E-state index is 0.00998. The number of carbonyl (C=O) groups excluding carboxylic acids is 4. The highest BCUT2D eigenvalue weighted by Crippen LogP contribution is 2.28. The molecular formula is C52H65N7O8. The van der Waals surface area contributed by atoms with E-state index in [-0.39, 0.29) is 49.1 Å². The van der Waals surface area contributed by atoms with Crippen LogP contribution in [0.15, 0.2) is 116 Å². The number of aromatic hydroxyl groups is 2. The van der Waals surface area contributed by atoms with Crippen LogP contribution >= 0.6 is 0 Å². The summed E-state index contributed by atoms with van der Waals surface area (Å²) in [4.78, 5) is 71.7. The Kier molecular flexibility index (Phi) is 20.0. The van der Waals surface area contributed by atoms with Crippen LogP contribution in [0.3, 0.4) is 0 Å². The monoisotopic (exact) mass is 915 g/mol. The van der Waals surface area contributed by atoms with Gasteiger partial charge in [-0.25, -0.2) is 9.78 Å². The largest absolute Gasteiger partial charge is 0.508 e. The van der Waals surface area contributed by atoms with E-state index in [0.717, 1.165) is 48.8 Å². The molecule has 0 bridgehead atoms. The Labute approximate surface area is 392 Å². The summed E-state index contributed by atoms with van der Waals surface area (Å²) >= 11 is 0. The van der Waals surface area contributed by atoms with Crippen LogP contribution in [0.1, 0.15) is 104 Å². The molecule has 0 saturated carbocycles. The predicted molar refractivity (Wildman–Crippen MR) is 256 cm³/mol. The Morgan fingerprint density at radius 2 is 1.21 bits per heavy atom. The number of carbonyl (C=O) groups is 5. The zero-order valence-electron chi connectivity index (χ0n) is 38.4. The minimum atomic E-state index is -1.36. The number of imidazole rings is 1. The summed E-state index contributed by atoms with van der Waals surface area (Å²) < 4.78 is 1.90. The number of hydrogen-bond acceptors (Lipinski definition) is 9. The number of aromatic nitrogens is 2. The minimum Gasteiger partial charge on any atom is -0.508 e. The lowest BCUT2D eigenvalue weighted by Gasteiger charge is -2.25. The summed E-state index contributed by atoms with van der Waals surface area (Å²) in [6.07, 6.45) is 10.1. The summed E-state index contributed by atoms with van der Waals surface area (Å²) in [5.41, 5.74) is 11.2. The van der Waals surface area contributed by atoms with Crippen molar-refractivity contribution in [1.82, 2.24) is 30.8 Å². The summed E-state index contributed by atoms with van der Waals surface area (Å²) in [5, 5.41) is 40.9. The van der Waals surface area contributed by atoms with Gasteiger partial charge in [0.15, 0.2) is 0 Å². The maximum atomic E-state index is 14.3. The standard InChI is InChI=1S/C52H65N7O8/c1-3-4-5-6-10-16-47(62)54-29-12-11-15-44(56-49(63)43(53)32-40-33-59(34-55-40)48(38-13-8-7-9-14-38)39-23-27-42(61)28-24-39)50(64)57-45(30-36-19-17-35(2)18-20-36)51(65)58-46(52(66)67)31-37-21-25-41(60)26-22-37/h7-9,13-14,17-28,33-34,43-46,48,60-61H,3-6,10-12,15-16,29-32,53H2,1-2H3,(H,54,62)(H,56,63)(H,57,64)(H,58,65)(H,66,67). The number of hydrogen-bond donors (Lipinski definition) is 8. The number of amides is 4. The lowest BCUT2D eigenvalue weighted by atomic mass is 9.98. The van der Waals surface area contributed by atoms with Crippen LogP contribution in [0.5, 0.6) is 11.5 Å². The van der Waals surface area contributed by atoms with E-state index in [4.69, 9.17) is 5.73 Å². The molecule has 4 amide bonds. The third kappa shape index (κ3) is 16.7. The van der Waals surface area contributed by atoms with E-state index in [1.54, 1.807) is 30.6 Å². The third-order valence-corrected chi connectivity index (χ3v) is 11.6. The van der Waals surface area contributed by atoms with Crippen LogP contribution in [0, 0.1) is 6.92 Å². The fraction of sp³-hybridized carbons (Fsp3) is 0.385. The van der Waals surface area contributed by atoms with Crippen LogP contribution in [-0.2, 0) is 43.2 Å². The molecule has 0 aliphatic carbocycles. The van der Waals surface area contributed by atoms with Gasteiger partial charge in [-0.15, -0.1) is 0 Å². The molecular weight excluding hydrogens is 851 g/mol. The molecule has 1 heterocycles. The molecule has 5 unspecified atom stereocenters. The van der Waals surface area contributed by atoms with Gasteiger partial charge >= 0.3 is 5.97 Å². The zero-order chi connectivity index (χ0) is 48.1. The van der Waals surface area contributed by atoms with Crippen molar-refractivity contribution in [2.75, 3.05) is 6.54 Å². The molecule has 67 heavy (non-hydrogen) atoms. The van der Waals surface area contributed by atoms with Crippen LogP contribution < -0.4 is 27.0 Å². The van der Waals surface area contributed by atoms with E-state index in [1.165, 1.54) is 12.1 Å². The van der Waals surface area contributed by atoms with Gasteiger partial charge in [-0.2, -0.15) is 0 Å². The first-order valence-corrected chi connectivity index (χ1v) is 23.2. The van der Waals surface area contributed by atoms with E-state index in [2.05, 4.69) is 33.2 Å². The highest BCUT2D eigenvalue weighted by Gasteiger charge is 2.31. The van der Waals surface area contributed by atoms with Crippen LogP contribution in [0.2, 0.25) is 0 Å². The number of phenolic OH excluding ortho intramolecular Hbond substituents is 2. The van der Waals surface area contributed by atoms with E-state index >= 15 is 0 Å². The number of nitrogens with one attached hydrogen (secondary N) is 4. The van der Waals surface area contributed by atoms with Crippen molar-refractivity contribution in [3.63, 3.8) is 0 Å². The molecule has 15 heteroatoms. The maximum Gasteiger partial charge on any atom is 0.326 e. The second-order valence-electron chi connectivity index (χ2n) is 17.1. The van der Waals surface area contributed by atoms with Gasteiger partial charge in [-0.3, -0.25) is 19.2 Å². The zero-order valence-corrected chi connectivity index (χ0v) is 38.4. The highest BCUT2D eigenvalue weighted by molar-refractivity contribution is 5.94. The van der Waals surface area contributed by atoms with Gasteiger partial charge in [0, 0.05) is 38.4 Å². The van der Waals surface area contributed by atoms with E-state index in [1.807, 2.05) is 84.4 Å². The van der Waals surface area contributed by atoms with Crippen molar-refractivity contribution in [3.8, 4) is 11.5 Å². The summed E-state index contributed by atoms with van der Waals surface area (Å²) in [6.45, 7) is 4.43. The molecule has 4 aromatic carbocycles. The van der Waals surface area contributed by atoms with E-state index < -0.39 is 47.9 Å². The molecule has 9 N–H and O–H groups in total. The highest BCUT2D eigenvalue weighted by atomic mass is 16.4. The topological polar surface area (TPSA) is 238 Å². The quantitative estimate of drug-likeness (QED) is 0.0296. The van der Waals surface area contributed by atoms with Crippen molar-refractivity contribution in [3.05, 3.63) is 149 Å². The second-order valence-corrected chi connectivity index (χ2v) is 17.1. The predicted octanol–water partition coefficient (Wildman–Crippen LogP) is 5.78. The molecule has 0 fully saturated rings. The van der Waals surface area contributed by atoms with Crippen molar-refractivity contribution < 1.29 is 39.3 Å². The molecule has 0 spiro atoms. The number of nitrogens with two attached hydrogens (primary N) is 1. The van der Waals surface area contributed by atoms with Gasteiger partial charge in [0.2, 0.25) is 23.6 Å². The maximum absolute atomic E-state index is 14.3. The Morgan fingerprint density at radius 3 is 1.87 bits per heavy atom. The Balaban J connectivity index is 1.31. The first-order chi connectivity index (χ1) is 32.3. The van der Waals surface area contributed by atoms with E-state index in [9.17, 15) is 39.3 Å². The van der Waals surface area contributed by atoms with Crippen LogP contribution in [0.25, 0.3) is 0 Å². The van der Waals surface area contributed by atoms with Gasteiger partial charge in [-0.1, -0.05) is 117 Å². The number of benzene rings is 4. The lowest BCUT2D eigenvalue weighted by molar-refractivity contribution is -0.142. The van der Waals surface area contributed by atoms with Gasteiger partial charge in [-0.05, 0) is 79.1 Å². The molecule has 356 valence electrons. The normalized spacial score (nSPS) is 13.4. The van der Waals surface area contributed by atoms with Gasteiger partial charge in [0.1, 0.15) is 29.6 Å². The Hall–Kier alpha value is -7.00. The number of rotatable bonds is 27. The number of aryl methyl sites for hydroxylation is 1. The Bertz CT molecular complexity index is 2340. The summed E-state index contributed by atoms with van der Waals surface area (Å²) in [6, 6.07) is 24.8. The molecule has 0 aliphatic rings. The number of carboxylic acid groups (broad SMARTS) is 1. The van der Waals surface area contributed by atoms with Crippen molar-refractivity contribution >= 4 is 29.6 Å². The number of phenols is 2. The summed E-state index contributed by atoms with van der Waals surface area (Å²) in [5.74, 6) is -3.21. The Morgan fingerprint density at radius 1 is 0.642 bits per heavy atom.